The van der Waals surface area contributed by atoms with Gasteiger partial charge in [-0.3, -0.25) is 9.59 Å². The third kappa shape index (κ3) is 8.67. The molecular formula is C28H42O7Si. The van der Waals surface area contributed by atoms with Crippen molar-refractivity contribution in [1.29, 1.82) is 0 Å². The zero-order valence-corrected chi connectivity index (χ0v) is 24.4. The number of hydrogen-bond donors (Lipinski definition) is 0. The molecule has 8 heteroatoms. The summed E-state index contributed by atoms with van der Waals surface area (Å²) in [5, 5.41) is 0. The molecule has 0 aromatic heterocycles. The molecule has 1 fully saturated rings. The van der Waals surface area contributed by atoms with E-state index in [0.29, 0.717) is 17.7 Å². The average Bonchev–Trinajstić information content (AvgIpc) is 3.02. The number of carbonyl (C=O) groups is 3. The molecule has 0 N–H and O–H groups in total. The maximum atomic E-state index is 13.1. The van der Waals surface area contributed by atoms with Gasteiger partial charge in [0.15, 0.2) is 17.7 Å². The highest BCUT2D eigenvalue weighted by atomic mass is 28.3. The van der Waals surface area contributed by atoms with Gasteiger partial charge in [0.25, 0.3) is 0 Å². The van der Waals surface area contributed by atoms with E-state index >= 15 is 0 Å². The third-order valence-electron chi connectivity index (χ3n) is 5.68. The van der Waals surface area contributed by atoms with Gasteiger partial charge >= 0.3 is 11.9 Å². The smallest absolute Gasteiger partial charge is 0.338 e. The van der Waals surface area contributed by atoms with E-state index in [0.717, 1.165) is 17.2 Å². The second kappa shape index (κ2) is 11.4. The Morgan fingerprint density at radius 1 is 1.06 bits per heavy atom. The number of carbonyl (C=O) groups excluding carboxylic acids is 3. The number of ketones is 1. The Hall–Kier alpha value is -2.29. The van der Waals surface area contributed by atoms with E-state index in [9.17, 15) is 14.4 Å². The van der Waals surface area contributed by atoms with Gasteiger partial charge in [-0.2, -0.15) is 0 Å². The maximum absolute atomic E-state index is 13.1. The number of rotatable bonds is 9. The Morgan fingerprint density at radius 3 is 2.28 bits per heavy atom. The number of aryl methyl sites for hydroxylation is 2. The first-order valence-electron chi connectivity index (χ1n) is 12.4. The van der Waals surface area contributed by atoms with Crippen molar-refractivity contribution < 1.29 is 33.3 Å². The van der Waals surface area contributed by atoms with Crippen LogP contribution in [-0.2, 0) is 28.5 Å². The molecule has 0 amide bonds. The normalized spacial score (nSPS) is 19.9. The van der Waals surface area contributed by atoms with Gasteiger partial charge in [0, 0.05) is 8.07 Å². The SMILES string of the molecule is Cc1cc(C)c(C(=O)OCC[Si](C)(C)C)c(/C=C/C(=O)C2OC(C)(C)OC2COC(=O)C(C)(C)C)c1. The molecule has 0 spiro atoms. The summed E-state index contributed by atoms with van der Waals surface area (Å²) in [6, 6.07) is 4.65. The predicted molar refractivity (Wildman–Crippen MR) is 143 cm³/mol. The van der Waals surface area contributed by atoms with Crippen molar-refractivity contribution in [3.8, 4) is 0 Å². The molecular weight excluding hydrogens is 476 g/mol. The Morgan fingerprint density at radius 2 is 1.69 bits per heavy atom. The van der Waals surface area contributed by atoms with Gasteiger partial charge in [0.1, 0.15) is 12.7 Å². The van der Waals surface area contributed by atoms with E-state index in [1.165, 1.54) is 6.08 Å². The molecule has 1 saturated heterocycles. The molecule has 1 aliphatic heterocycles. The first-order chi connectivity index (χ1) is 16.4. The quantitative estimate of drug-likeness (QED) is 0.243. The zero-order valence-electron chi connectivity index (χ0n) is 23.4. The van der Waals surface area contributed by atoms with Crippen molar-refractivity contribution >= 4 is 31.9 Å². The fraction of sp³-hybridized carbons (Fsp3) is 0.607. The van der Waals surface area contributed by atoms with Crippen molar-refractivity contribution in [3.63, 3.8) is 0 Å². The summed E-state index contributed by atoms with van der Waals surface area (Å²) in [6.45, 7) is 19.4. The summed E-state index contributed by atoms with van der Waals surface area (Å²) in [7, 11) is -1.34. The van der Waals surface area contributed by atoms with Crippen LogP contribution < -0.4 is 0 Å². The highest BCUT2D eigenvalue weighted by molar-refractivity contribution is 6.76. The topological polar surface area (TPSA) is 88.1 Å². The van der Waals surface area contributed by atoms with E-state index in [4.69, 9.17) is 18.9 Å². The average molecular weight is 519 g/mol. The summed E-state index contributed by atoms with van der Waals surface area (Å²) in [5.41, 5.74) is 2.13. The summed E-state index contributed by atoms with van der Waals surface area (Å²) in [6.07, 6.45) is 1.32. The van der Waals surface area contributed by atoms with Crippen molar-refractivity contribution in [2.45, 2.75) is 92.1 Å². The second-order valence-electron chi connectivity index (χ2n) is 12.2. The number of ether oxygens (including phenoxy) is 4. The predicted octanol–water partition coefficient (Wildman–Crippen LogP) is 5.49. The molecule has 200 valence electrons. The monoisotopic (exact) mass is 518 g/mol. The molecule has 2 unspecified atom stereocenters. The van der Waals surface area contributed by atoms with Crippen LogP contribution in [-0.4, -0.2) is 57.0 Å². The molecule has 7 nitrogen and oxygen atoms in total. The fourth-order valence-corrected chi connectivity index (χ4v) is 4.49. The molecule has 36 heavy (non-hydrogen) atoms. The van der Waals surface area contributed by atoms with Gasteiger partial charge in [-0.15, -0.1) is 0 Å². The summed E-state index contributed by atoms with van der Waals surface area (Å²) >= 11 is 0. The molecule has 1 aliphatic rings. The van der Waals surface area contributed by atoms with Crippen LogP contribution in [0.5, 0.6) is 0 Å². The van der Waals surface area contributed by atoms with E-state index in [1.54, 1.807) is 40.7 Å². The van der Waals surface area contributed by atoms with E-state index in [2.05, 4.69) is 19.6 Å². The van der Waals surface area contributed by atoms with Gasteiger partial charge in [0.05, 0.1) is 17.6 Å². The van der Waals surface area contributed by atoms with Crippen molar-refractivity contribution in [3.05, 3.63) is 40.5 Å². The minimum Gasteiger partial charge on any atom is -0.462 e. The summed E-state index contributed by atoms with van der Waals surface area (Å²) in [4.78, 5) is 38.3. The molecule has 2 rings (SSSR count). The molecule has 0 saturated carbocycles. The molecule has 1 heterocycles. The molecule has 1 aromatic carbocycles. The first-order valence-corrected chi connectivity index (χ1v) is 16.1. The van der Waals surface area contributed by atoms with Crippen molar-refractivity contribution in [2.24, 2.45) is 5.41 Å². The van der Waals surface area contributed by atoms with Gasteiger partial charge < -0.3 is 18.9 Å². The maximum Gasteiger partial charge on any atom is 0.338 e. The molecule has 0 radical (unpaired) electrons. The Labute approximate surface area is 216 Å². The number of hydrogen-bond acceptors (Lipinski definition) is 7. The van der Waals surface area contributed by atoms with Crippen LogP contribution in [0.2, 0.25) is 25.7 Å². The Kier molecular flexibility index (Phi) is 9.48. The van der Waals surface area contributed by atoms with E-state index < -0.39 is 37.5 Å². The van der Waals surface area contributed by atoms with Gasteiger partial charge in [-0.25, -0.2) is 4.79 Å². The second-order valence-corrected chi connectivity index (χ2v) is 17.8. The zero-order chi connectivity index (χ0) is 27.5. The molecule has 0 bridgehead atoms. The largest absolute Gasteiger partial charge is 0.462 e. The molecule has 2 atom stereocenters. The van der Waals surface area contributed by atoms with Crippen LogP contribution in [0.25, 0.3) is 6.08 Å². The van der Waals surface area contributed by atoms with E-state index in [-0.39, 0.29) is 18.4 Å². The van der Waals surface area contributed by atoms with Crippen molar-refractivity contribution in [2.75, 3.05) is 13.2 Å². The minimum absolute atomic E-state index is 0.0952. The van der Waals surface area contributed by atoms with Crippen LogP contribution in [0.4, 0.5) is 0 Å². The highest BCUT2D eigenvalue weighted by Crippen LogP contribution is 2.30. The van der Waals surface area contributed by atoms with Crippen LogP contribution in [0.1, 0.15) is 61.7 Å². The lowest BCUT2D eigenvalue weighted by molar-refractivity contribution is -0.165. The van der Waals surface area contributed by atoms with Crippen LogP contribution >= 0.6 is 0 Å². The number of benzene rings is 1. The van der Waals surface area contributed by atoms with Gasteiger partial charge in [0.2, 0.25) is 0 Å². The molecule has 1 aromatic rings. The van der Waals surface area contributed by atoms with Crippen LogP contribution in [0.3, 0.4) is 0 Å². The summed E-state index contributed by atoms with van der Waals surface area (Å²) in [5.74, 6) is -2.12. The first kappa shape index (κ1) is 29.9. The lowest BCUT2D eigenvalue weighted by Gasteiger charge is -2.20. The lowest BCUT2D eigenvalue weighted by atomic mass is 9.97. The van der Waals surface area contributed by atoms with Crippen LogP contribution in [0.15, 0.2) is 18.2 Å². The third-order valence-corrected chi connectivity index (χ3v) is 7.39. The fourth-order valence-electron chi connectivity index (χ4n) is 3.77. The van der Waals surface area contributed by atoms with Crippen molar-refractivity contribution in [1.82, 2.24) is 0 Å². The minimum atomic E-state index is -1.34. The van der Waals surface area contributed by atoms with Gasteiger partial charge in [-0.1, -0.05) is 43.4 Å². The lowest BCUT2D eigenvalue weighted by Crippen LogP contribution is -2.36. The summed E-state index contributed by atoms with van der Waals surface area (Å²) < 4.78 is 22.7. The molecule has 0 aliphatic carbocycles. The van der Waals surface area contributed by atoms with E-state index in [1.807, 2.05) is 26.0 Å². The highest BCUT2D eigenvalue weighted by Gasteiger charge is 2.45. The number of esters is 2. The Balaban J connectivity index is 2.22. The Bertz CT molecular complexity index is 1010. The standard InChI is InChI=1S/C28H42O7Si/c1-18-15-19(2)23(25(30)32-13-14-36(8,9)10)20(16-18)11-12-21(29)24-22(34-28(6,7)35-24)17-33-26(31)27(3,4)5/h11-12,15-16,22,24H,13-14,17H2,1-10H3/b12-11+. The van der Waals surface area contributed by atoms with Crippen LogP contribution in [0, 0.1) is 19.3 Å². The van der Waals surface area contributed by atoms with Gasteiger partial charge in [-0.05, 0) is 71.7 Å².